The van der Waals surface area contributed by atoms with Crippen LogP contribution >= 0.6 is 0 Å². The standard InChI is InChI=1S/C13H21N3O/c1-9(2)16-13(17)6-7-15-12-8-10(3)4-5-11(12)14/h4-5,8-9,15H,6-7,14H2,1-3H3,(H,16,17). The van der Waals surface area contributed by atoms with E-state index in [9.17, 15) is 4.79 Å². The molecule has 0 radical (unpaired) electrons. The Morgan fingerprint density at radius 3 is 2.76 bits per heavy atom. The number of nitrogens with one attached hydrogen (secondary N) is 2. The van der Waals surface area contributed by atoms with E-state index in [2.05, 4.69) is 10.6 Å². The van der Waals surface area contributed by atoms with Gasteiger partial charge in [0, 0.05) is 19.0 Å². The SMILES string of the molecule is Cc1ccc(N)c(NCCC(=O)NC(C)C)c1. The number of nitrogens with two attached hydrogens (primary N) is 1. The van der Waals surface area contributed by atoms with Crippen LogP contribution in [0.3, 0.4) is 0 Å². The lowest BCUT2D eigenvalue weighted by molar-refractivity contribution is -0.121. The minimum atomic E-state index is 0.0544. The molecule has 0 aliphatic rings. The average molecular weight is 235 g/mol. The highest BCUT2D eigenvalue weighted by molar-refractivity contribution is 5.77. The van der Waals surface area contributed by atoms with E-state index in [1.807, 2.05) is 39.0 Å². The molecule has 1 rings (SSSR count). The molecule has 0 spiro atoms. The van der Waals surface area contributed by atoms with Gasteiger partial charge < -0.3 is 16.4 Å². The minimum absolute atomic E-state index is 0.0544. The summed E-state index contributed by atoms with van der Waals surface area (Å²) in [6, 6.07) is 6.00. The van der Waals surface area contributed by atoms with Gasteiger partial charge in [-0.05, 0) is 38.5 Å². The van der Waals surface area contributed by atoms with E-state index < -0.39 is 0 Å². The predicted molar refractivity (Wildman–Crippen MR) is 72.0 cm³/mol. The number of carbonyl (C=O) groups is 1. The van der Waals surface area contributed by atoms with Gasteiger partial charge in [-0.15, -0.1) is 0 Å². The molecule has 0 fully saturated rings. The summed E-state index contributed by atoms with van der Waals surface area (Å²) in [7, 11) is 0. The zero-order valence-electron chi connectivity index (χ0n) is 10.7. The first kappa shape index (κ1) is 13.4. The van der Waals surface area contributed by atoms with Crippen molar-refractivity contribution < 1.29 is 4.79 Å². The van der Waals surface area contributed by atoms with Crippen LogP contribution in [0.4, 0.5) is 11.4 Å². The molecular formula is C13H21N3O. The molecule has 0 aliphatic heterocycles. The first-order valence-electron chi connectivity index (χ1n) is 5.88. The molecule has 4 heteroatoms. The smallest absolute Gasteiger partial charge is 0.221 e. The van der Waals surface area contributed by atoms with Gasteiger partial charge in [-0.25, -0.2) is 0 Å². The maximum absolute atomic E-state index is 11.4. The molecular weight excluding hydrogens is 214 g/mol. The third-order valence-electron chi connectivity index (χ3n) is 2.33. The maximum Gasteiger partial charge on any atom is 0.221 e. The highest BCUT2D eigenvalue weighted by Gasteiger charge is 2.03. The van der Waals surface area contributed by atoms with Gasteiger partial charge in [-0.1, -0.05) is 6.07 Å². The second-order valence-electron chi connectivity index (χ2n) is 4.49. The van der Waals surface area contributed by atoms with Gasteiger partial charge in [-0.2, -0.15) is 0 Å². The number of hydrogen-bond donors (Lipinski definition) is 3. The molecule has 0 atom stereocenters. The number of rotatable bonds is 5. The van der Waals surface area contributed by atoms with Crippen LogP contribution in [0.25, 0.3) is 0 Å². The molecule has 4 nitrogen and oxygen atoms in total. The van der Waals surface area contributed by atoms with Gasteiger partial charge in [0.2, 0.25) is 5.91 Å². The summed E-state index contributed by atoms with van der Waals surface area (Å²) in [4.78, 5) is 11.4. The molecule has 0 aromatic heterocycles. The zero-order valence-corrected chi connectivity index (χ0v) is 10.7. The molecule has 0 aliphatic carbocycles. The van der Waals surface area contributed by atoms with E-state index in [0.717, 1.165) is 11.3 Å². The fourth-order valence-electron chi connectivity index (χ4n) is 1.53. The van der Waals surface area contributed by atoms with Gasteiger partial charge in [-0.3, -0.25) is 4.79 Å². The largest absolute Gasteiger partial charge is 0.397 e. The van der Waals surface area contributed by atoms with Crippen molar-refractivity contribution in [3.8, 4) is 0 Å². The van der Waals surface area contributed by atoms with Crippen molar-refractivity contribution in [3.63, 3.8) is 0 Å². The number of anilines is 2. The third kappa shape index (κ3) is 4.76. The molecule has 4 N–H and O–H groups in total. The lowest BCUT2D eigenvalue weighted by Crippen LogP contribution is -2.31. The lowest BCUT2D eigenvalue weighted by atomic mass is 10.2. The normalized spacial score (nSPS) is 10.4. The molecule has 0 unspecified atom stereocenters. The monoisotopic (exact) mass is 235 g/mol. The van der Waals surface area contributed by atoms with Crippen LogP contribution in [0.2, 0.25) is 0 Å². The van der Waals surface area contributed by atoms with Gasteiger partial charge in [0.1, 0.15) is 0 Å². The maximum atomic E-state index is 11.4. The van der Waals surface area contributed by atoms with Crippen molar-refractivity contribution in [1.29, 1.82) is 0 Å². The number of benzene rings is 1. The molecule has 17 heavy (non-hydrogen) atoms. The Labute approximate surface area is 103 Å². The Balaban J connectivity index is 2.40. The Hall–Kier alpha value is -1.71. The van der Waals surface area contributed by atoms with Crippen molar-refractivity contribution in [2.75, 3.05) is 17.6 Å². The molecule has 1 aromatic rings. The molecule has 0 saturated carbocycles. The van der Waals surface area contributed by atoms with Crippen LogP contribution < -0.4 is 16.4 Å². The van der Waals surface area contributed by atoms with Crippen LogP contribution in [0.5, 0.6) is 0 Å². The molecule has 94 valence electrons. The van der Waals surface area contributed by atoms with E-state index in [1.165, 1.54) is 0 Å². The van der Waals surface area contributed by atoms with Crippen LogP contribution in [0, 0.1) is 6.92 Å². The van der Waals surface area contributed by atoms with E-state index in [4.69, 9.17) is 5.73 Å². The molecule has 0 bridgehead atoms. The first-order valence-corrected chi connectivity index (χ1v) is 5.88. The number of amides is 1. The van der Waals surface area contributed by atoms with Crippen molar-refractivity contribution in [2.24, 2.45) is 0 Å². The fraction of sp³-hybridized carbons (Fsp3) is 0.462. The van der Waals surface area contributed by atoms with E-state index in [0.29, 0.717) is 18.7 Å². The molecule has 1 amide bonds. The van der Waals surface area contributed by atoms with Gasteiger partial charge in [0.25, 0.3) is 0 Å². The number of carbonyl (C=O) groups excluding carboxylic acids is 1. The zero-order chi connectivity index (χ0) is 12.8. The van der Waals surface area contributed by atoms with Crippen LogP contribution in [-0.2, 0) is 4.79 Å². The molecule has 0 saturated heterocycles. The second-order valence-corrected chi connectivity index (χ2v) is 4.49. The number of hydrogen-bond acceptors (Lipinski definition) is 3. The van der Waals surface area contributed by atoms with Crippen molar-refractivity contribution in [3.05, 3.63) is 23.8 Å². The summed E-state index contributed by atoms with van der Waals surface area (Å²) in [6.07, 6.45) is 0.450. The Morgan fingerprint density at radius 1 is 1.41 bits per heavy atom. The van der Waals surface area contributed by atoms with Crippen molar-refractivity contribution in [2.45, 2.75) is 33.2 Å². The Kier molecular flexibility index (Phi) is 4.82. The summed E-state index contributed by atoms with van der Waals surface area (Å²) >= 11 is 0. The van der Waals surface area contributed by atoms with E-state index in [-0.39, 0.29) is 11.9 Å². The summed E-state index contributed by atoms with van der Waals surface area (Å²) in [5, 5.41) is 6.02. The van der Waals surface area contributed by atoms with Gasteiger partial charge >= 0.3 is 0 Å². The quantitative estimate of drug-likeness (QED) is 0.683. The van der Waals surface area contributed by atoms with Gasteiger partial charge in [0.15, 0.2) is 0 Å². The van der Waals surface area contributed by atoms with E-state index in [1.54, 1.807) is 0 Å². The molecule has 0 heterocycles. The highest BCUT2D eigenvalue weighted by atomic mass is 16.1. The Morgan fingerprint density at radius 2 is 2.12 bits per heavy atom. The van der Waals surface area contributed by atoms with Gasteiger partial charge in [0.05, 0.1) is 11.4 Å². The summed E-state index contributed by atoms with van der Waals surface area (Å²) < 4.78 is 0. The summed E-state index contributed by atoms with van der Waals surface area (Å²) in [6.45, 7) is 6.50. The van der Waals surface area contributed by atoms with Crippen molar-refractivity contribution in [1.82, 2.24) is 5.32 Å². The van der Waals surface area contributed by atoms with Crippen molar-refractivity contribution >= 4 is 17.3 Å². The van der Waals surface area contributed by atoms with Crippen LogP contribution in [0.15, 0.2) is 18.2 Å². The Bertz CT molecular complexity index is 388. The number of nitrogen functional groups attached to an aromatic ring is 1. The summed E-state index contributed by atoms with van der Waals surface area (Å²) in [5.74, 6) is 0.0544. The predicted octanol–water partition coefficient (Wildman–Crippen LogP) is 1.90. The first-order chi connectivity index (χ1) is 7.99. The third-order valence-corrected chi connectivity index (χ3v) is 2.33. The number of aryl methyl sites for hydroxylation is 1. The van der Waals surface area contributed by atoms with E-state index >= 15 is 0 Å². The lowest BCUT2D eigenvalue weighted by Gasteiger charge is -2.11. The van der Waals surface area contributed by atoms with Crippen LogP contribution in [-0.4, -0.2) is 18.5 Å². The second kappa shape index (κ2) is 6.13. The highest BCUT2D eigenvalue weighted by Crippen LogP contribution is 2.19. The minimum Gasteiger partial charge on any atom is -0.397 e. The molecule has 1 aromatic carbocycles. The average Bonchev–Trinajstić information content (AvgIpc) is 2.22. The van der Waals surface area contributed by atoms with Crippen LogP contribution in [0.1, 0.15) is 25.8 Å². The topological polar surface area (TPSA) is 67.1 Å². The summed E-state index contributed by atoms with van der Waals surface area (Å²) in [5.41, 5.74) is 8.57. The fourth-order valence-corrected chi connectivity index (χ4v) is 1.53.